The highest BCUT2D eigenvalue weighted by Gasteiger charge is 2.42. The molecule has 1 aliphatic carbocycles. The molecule has 1 aliphatic heterocycles. The summed E-state index contributed by atoms with van der Waals surface area (Å²) in [5, 5.41) is 9.39. The maximum absolute atomic E-state index is 11.4. The van der Waals surface area contributed by atoms with Crippen molar-refractivity contribution in [3.05, 3.63) is 0 Å². The fourth-order valence-corrected chi connectivity index (χ4v) is 3.92. The van der Waals surface area contributed by atoms with Crippen LogP contribution in [0.15, 0.2) is 0 Å². The van der Waals surface area contributed by atoms with Crippen molar-refractivity contribution >= 4 is 5.97 Å². The van der Waals surface area contributed by atoms with Crippen LogP contribution in [-0.4, -0.2) is 35.1 Å². The Morgan fingerprint density at radius 2 is 1.94 bits per heavy atom. The average molecular weight is 253 g/mol. The second kappa shape index (κ2) is 5.60. The van der Waals surface area contributed by atoms with E-state index in [1.807, 2.05) is 0 Å². The number of likely N-dealkylation sites (tertiary alicyclic amines) is 1. The Morgan fingerprint density at radius 1 is 1.28 bits per heavy atom. The predicted octanol–water partition coefficient (Wildman–Crippen LogP) is 3.14. The lowest BCUT2D eigenvalue weighted by Crippen LogP contribution is -2.45. The molecule has 0 radical (unpaired) electrons. The zero-order valence-electron chi connectivity index (χ0n) is 11.8. The monoisotopic (exact) mass is 253 g/mol. The van der Waals surface area contributed by atoms with Crippen LogP contribution in [0.5, 0.6) is 0 Å². The van der Waals surface area contributed by atoms with Crippen molar-refractivity contribution in [2.45, 2.75) is 64.8 Å². The molecule has 2 unspecified atom stereocenters. The molecule has 0 aromatic rings. The molecule has 2 atom stereocenters. The standard InChI is InChI=1S/C15H27NO2/c1-3-15(4-2)9-10-16(11-15)13-8-6-5-7-12(13)14(17)18/h12-13H,3-11H2,1-2H3,(H,17,18). The van der Waals surface area contributed by atoms with Gasteiger partial charge in [0.2, 0.25) is 0 Å². The molecule has 0 bridgehead atoms. The Hall–Kier alpha value is -0.570. The summed E-state index contributed by atoms with van der Waals surface area (Å²) in [7, 11) is 0. The lowest BCUT2D eigenvalue weighted by Gasteiger charge is -2.37. The van der Waals surface area contributed by atoms with Crippen LogP contribution in [0.4, 0.5) is 0 Å². The first kappa shape index (κ1) is 13.9. The van der Waals surface area contributed by atoms with Crippen molar-refractivity contribution in [2.75, 3.05) is 13.1 Å². The molecular formula is C15H27NO2. The average Bonchev–Trinajstić information content (AvgIpc) is 2.83. The highest BCUT2D eigenvalue weighted by atomic mass is 16.4. The summed E-state index contributed by atoms with van der Waals surface area (Å²) in [6.45, 7) is 6.79. The molecular weight excluding hydrogens is 226 g/mol. The lowest BCUT2D eigenvalue weighted by atomic mass is 9.81. The number of rotatable bonds is 4. The number of hydrogen-bond donors (Lipinski definition) is 1. The molecule has 1 heterocycles. The number of carboxylic acids is 1. The van der Waals surface area contributed by atoms with Crippen LogP contribution in [0.3, 0.4) is 0 Å². The lowest BCUT2D eigenvalue weighted by molar-refractivity contribution is -0.145. The van der Waals surface area contributed by atoms with E-state index in [9.17, 15) is 9.90 Å². The van der Waals surface area contributed by atoms with Gasteiger partial charge in [-0.3, -0.25) is 9.69 Å². The van der Waals surface area contributed by atoms with Gasteiger partial charge >= 0.3 is 5.97 Å². The van der Waals surface area contributed by atoms with Crippen LogP contribution in [0.25, 0.3) is 0 Å². The van der Waals surface area contributed by atoms with Crippen LogP contribution >= 0.6 is 0 Å². The Labute approximate surface area is 111 Å². The molecule has 0 aromatic carbocycles. The van der Waals surface area contributed by atoms with Crippen LogP contribution in [0, 0.1) is 11.3 Å². The van der Waals surface area contributed by atoms with Crippen molar-refractivity contribution in [1.29, 1.82) is 0 Å². The molecule has 3 nitrogen and oxygen atoms in total. The van der Waals surface area contributed by atoms with E-state index in [2.05, 4.69) is 18.7 Å². The highest BCUT2D eigenvalue weighted by molar-refractivity contribution is 5.71. The van der Waals surface area contributed by atoms with Gasteiger partial charge in [0.05, 0.1) is 5.92 Å². The molecule has 1 saturated heterocycles. The first-order chi connectivity index (χ1) is 8.62. The van der Waals surface area contributed by atoms with E-state index in [4.69, 9.17) is 0 Å². The third-order valence-electron chi connectivity index (χ3n) is 5.48. The maximum Gasteiger partial charge on any atom is 0.308 e. The number of carboxylic acid groups (broad SMARTS) is 1. The summed E-state index contributed by atoms with van der Waals surface area (Å²) in [6, 6.07) is 0.302. The smallest absolute Gasteiger partial charge is 0.308 e. The van der Waals surface area contributed by atoms with Gasteiger partial charge in [-0.2, -0.15) is 0 Å². The van der Waals surface area contributed by atoms with Gasteiger partial charge in [-0.25, -0.2) is 0 Å². The van der Waals surface area contributed by atoms with E-state index in [1.165, 1.54) is 25.7 Å². The first-order valence-corrected chi connectivity index (χ1v) is 7.59. The van der Waals surface area contributed by atoms with E-state index in [1.54, 1.807) is 0 Å². The quantitative estimate of drug-likeness (QED) is 0.836. The second-order valence-electron chi connectivity index (χ2n) is 6.22. The molecule has 18 heavy (non-hydrogen) atoms. The second-order valence-corrected chi connectivity index (χ2v) is 6.22. The Kier molecular flexibility index (Phi) is 4.31. The van der Waals surface area contributed by atoms with Crippen molar-refractivity contribution in [2.24, 2.45) is 11.3 Å². The Balaban J connectivity index is 2.05. The molecule has 1 saturated carbocycles. The summed E-state index contributed by atoms with van der Waals surface area (Å²) in [4.78, 5) is 13.9. The minimum absolute atomic E-state index is 0.122. The van der Waals surface area contributed by atoms with E-state index < -0.39 is 5.97 Å². The van der Waals surface area contributed by atoms with Gasteiger partial charge in [0.15, 0.2) is 0 Å². The van der Waals surface area contributed by atoms with Crippen molar-refractivity contribution < 1.29 is 9.90 Å². The number of carbonyl (C=O) groups is 1. The van der Waals surface area contributed by atoms with Gasteiger partial charge in [0.25, 0.3) is 0 Å². The minimum Gasteiger partial charge on any atom is -0.481 e. The van der Waals surface area contributed by atoms with Crippen molar-refractivity contribution in [1.82, 2.24) is 4.90 Å². The van der Waals surface area contributed by atoms with Gasteiger partial charge in [-0.05, 0) is 44.1 Å². The van der Waals surface area contributed by atoms with Gasteiger partial charge in [-0.1, -0.05) is 26.7 Å². The fourth-order valence-electron chi connectivity index (χ4n) is 3.92. The maximum atomic E-state index is 11.4. The summed E-state index contributed by atoms with van der Waals surface area (Å²) < 4.78 is 0. The molecule has 1 N–H and O–H groups in total. The third kappa shape index (κ3) is 2.56. The Morgan fingerprint density at radius 3 is 2.50 bits per heavy atom. The van der Waals surface area contributed by atoms with Crippen LogP contribution in [0.2, 0.25) is 0 Å². The Bertz CT molecular complexity index is 299. The minimum atomic E-state index is -0.579. The normalized spacial score (nSPS) is 32.6. The third-order valence-corrected chi connectivity index (χ3v) is 5.48. The van der Waals surface area contributed by atoms with Crippen molar-refractivity contribution in [3.63, 3.8) is 0 Å². The molecule has 3 heteroatoms. The van der Waals surface area contributed by atoms with Crippen LogP contribution < -0.4 is 0 Å². The van der Waals surface area contributed by atoms with Crippen molar-refractivity contribution in [3.8, 4) is 0 Å². The molecule has 2 fully saturated rings. The molecule has 2 rings (SSSR count). The fraction of sp³-hybridized carbons (Fsp3) is 0.933. The largest absolute Gasteiger partial charge is 0.481 e. The topological polar surface area (TPSA) is 40.5 Å². The van der Waals surface area contributed by atoms with Gasteiger partial charge in [0, 0.05) is 12.6 Å². The molecule has 0 amide bonds. The summed E-state index contributed by atoms with van der Waals surface area (Å²) in [6.07, 6.45) is 7.96. The van der Waals surface area contributed by atoms with E-state index in [0.29, 0.717) is 11.5 Å². The number of aliphatic carboxylic acids is 1. The van der Waals surface area contributed by atoms with E-state index >= 15 is 0 Å². The van der Waals surface area contributed by atoms with Crippen LogP contribution in [-0.2, 0) is 4.79 Å². The molecule has 2 aliphatic rings. The highest BCUT2D eigenvalue weighted by Crippen LogP contribution is 2.41. The molecule has 104 valence electrons. The molecule has 0 spiro atoms. The first-order valence-electron chi connectivity index (χ1n) is 7.59. The zero-order valence-corrected chi connectivity index (χ0v) is 11.8. The summed E-state index contributed by atoms with van der Waals surface area (Å²) in [5.41, 5.74) is 0.459. The van der Waals surface area contributed by atoms with E-state index in [0.717, 1.165) is 32.4 Å². The SMILES string of the molecule is CCC1(CC)CCN(C2CCCCC2C(=O)O)C1. The summed E-state index contributed by atoms with van der Waals surface area (Å²) in [5.74, 6) is -0.701. The van der Waals surface area contributed by atoms with Gasteiger partial charge in [-0.15, -0.1) is 0 Å². The number of hydrogen-bond acceptors (Lipinski definition) is 2. The predicted molar refractivity (Wildman–Crippen MR) is 72.6 cm³/mol. The van der Waals surface area contributed by atoms with Gasteiger partial charge in [0.1, 0.15) is 0 Å². The van der Waals surface area contributed by atoms with Crippen LogP contribution in [0.1, 0.15) is 58.8 Å². The number of nitrogens with zero attached hydrogens (tertiary/aromatic N) is 1. The zero-order chi connectivity index (χ0) is 13.2. The van der Waals surface area contributed by atoms with Gasteiger partial charge < -0.3 is 5.11 Å². The summed E-state index contributed by atoms with van der Waals surface area (Å²) >= 11 is 0. The van der Waals surface area contributed by atoms with E-state index in [-0.39, 0.29) is 5.92 Å². The molecule has 0 aromatic heterocycles.